The summed E-state index contributed by atoms with van der Waals surface area (Å²) >= 11 is 0. The van der Waals surface area contributed by atoms with E-state index in [0.717, 1.165) is 26.2 Å². The summed E-state index contributed by atoms with van der Waals surface area (Å²) < 4.78 is 15.7. The third kappa shape index (κ3) is 4.63. The van der Waals surface area contributed by atoms with Gasteiger partial charge in [0.05, 0.1) is 45.7 Å². The number of methoxy groups -OCH3 is 3. The van der Waals surface area contributed by atoms with Gasteiger partial charge in [0.1, 0.15) is 32.7 Å². The molecule has 0 aromatic heterocycles. The molecule has 3 rings (SSSR count). The first-order chi connectivity index (χ1) is 14.0. The molecule has 9 heteroatoms. The van der Waals surface area contributed by atoms with E-state index in [-0.39, 0.29) is 6.03 Å². The Morgan fingerprint density at radius 3 is 2.41 bits per heavy atom. The van der Waals surface area contributed by atoms with Crippen molar-refractivity contribution in [2.24, 2.45) is 0 Å². The van der Waals surface area contributed by atoms with Gasteiger partial charge in [-0.1, -0.05) is 6.07 Å². The highest BCUT2D eigenvalue weighted by atomic mass is 16.5. The quantitative estimate of drug-likeness (QED) is 0.406. The Labute approximate surface area is 170 Å². The Kier molecular flexibility index (Phi) is 6.60. The fraction of sp³-hybridized carbons (Fsp3) is 0.500. The van der Waals surface area contributed by atoms with Crippen molar-refractivity contribution in [3.05, 3.63) is 35.0 Å². The normalized spacial score (nSPS) is 24.4. The van der Waals surface area contributed by atoms with Gasteiger partial charge < -0.3 is 34.6 Å². The molecule has 2 amide bonds. The lowest BCUT2D eigenvalue weighted by Gasteiger charge is -2.32. The molecule has 0 bridgehead atoms. The van der Waals surface area contributed by atoms with Crippen LogP contribution in [0.25, 0.3) is 0 Å². The molecule has 1 fully saturated rings. The number of benzene rings is 1. The van der Waals surface area contributed by atoms with Crippen molar-refractivity contribution in [2.45, 2.75) is 6.04 Å². The highest BCUT2D eigenvalue weighted by molar-refractivity contribution is 5.95. The van der Waals surface area contributed by atoms with Crippen LogP contribution in [0.1, 0.15) is 11.6 Å². The van der Waals surface area contributed by atoms with Crippen LogP contribution in [0.3, 0.4) is 0 Å². The van der Waals surface area contributed by atoms with Gasteiger partial charge in [-0.2, -0.15) is 0 Å². The molecule has 158 valence electrons. The van der Waals surface area contributed by atoms with E-state index in [2.05, 4.69) is 17.7 Å². The molecule has 4 N–H and O–H groups in total. The van der Waals surface area contributed by atoms with Gasteiger partial charge in [-0.25, -0.2) is 9.59 Å². The van der Waals surface area contributed by atoms with E-state index in [0.29, 0.717) is 34.9 Å². The molecule has 9 nitrogen and oxygen atoms in total. The van der Waals surface area contributed by atoms with Crippen molar-refractivity contribution in [1.29, 1.82) is 0 Å². The van der Waals surface area contributed by atoms with Gasteiger partial charge in [-0.3, -0.25) is 0 Å². The lowest BCUT2D eigenvalue weighted by molar-refractivity contribution is -1.00. The summed E-state index contributed by atoms with van der Waals surface area (Å²) in [5.41, 5.74) is 1.74. The number of amides is 2. The average molecular weight is 406 g/mol. The number of quaternary nitrogens is 2. The Morgan fingerprint density at radius 1 is 1.10 bits per heavy atom. The number of hydrogen-bond donors (Lipinski definition) is 4. The molecule has 0 radical (unpaired) electrons. The molecule has 2 aliphatic heterocycles. The molecule has 1 aromatic rings. The number of likely N-dealkylation sites (N-methyl/N-ethyl adjacent to an activating group) is 1. The predicted octanol–water partition coefficient (Wildman–Crippen LogP) is -2.10. The average Bonchev–Trinajstić information content (AvgIpc) is 2.74. The lowest BCUT2D eigenvalue weighted by Crippen LogP contribution is -3.27. The minimum absolute atomic E-state index is 0.341. The molecule has 1 aromatic carbocycles. The molecule has 2 aliphatic rings. The van der Waals surface area contributed by atoms with Crippen LogP contribution in [0.2, 0.25) is 0 Å². The summed E-state index contributed by atoms with van der Waals surface area (Å²) in [5.74, 6) is 0.632. The fourth-order valence-corrected chi connectivity index (χ4v) is 3.85. The molecular weight excluding hydrogens is 376 g/mol. The van der Waals surface area contributed by atoms with E-state index in [1.54, 1.807) is 26.4 Å². The summed E-state index contributed by atoms with van der Waals surface area (Å²) in [5, 5.41) is 5.68. The zero-order valence-electron chi connectivity index (χ0n) is 17.4. The van der Waals surface area contributed by atoms with E-state index in [4.69, 9.17) is 14.2 Å². The monoisotopic (exact) mass is 406 g/mol. The van der Waals surface area contributed by atoms with Crippen molar-refractivity contribution < 1.29 is 33.6 Å². The number of ether oxygens (including phenoxy) is 3. The Morgan fingerprint density at radius 2 is 1.79 bits per heavy atom. The maximum atomic E-state index is 12.7. The maximum Gasteiger partial charge on any atom is 0.338 e. The number of piperazine rings is 1. The molecule has 0 aliphatic carbocycles. The summed E-state index contributed by atoms with van der Waals surface area (Å²) in [6, 6.07) is 4.35. The first-order valence-corrected chi connectivity index (χ1v) is 9.72. The fourth-order valence-electron chi connectivity index (χ4n) is 3.85. The molecule has 0 unspecified atom stereocenters. The molecule has 2 heterocycles. The first-order valence-electron chi connectivity index (χ1n) is 9.72. The number of carbonyl (C=O) groups excluding carboxylic acids is 2. The first kappa shape index (κ1) is 20.9. The zero-order chi connectivity index (χ0) is 21.0. The molecule has 29 heavy (non-hydrogen) atoms. The van der Waals surface area contributed by atoms with Gasteiger partial charge in [-0.15, -0.1) is 0 Å². The van der Waals surface area contributed by atoms with Crippen LogP contribution in [0.5, 0.6) is 11.5 Å². The van der Waals surface area contributed by atoms with Crippen LogP contribution >= 0.6 is 0 Å². The lowest BCUT2D eigenvalue weighted by atomic mass is 9.94. The molecular formula is C20H30N4O5+2. The van der Waals surface area contributed by atoms with Gasteiger partial charge in [0.15, 0.2) is 11.5 Å². The third-order valence-electron chi connectivity index (χ3n) is 5.54. The van der Waals surface area contributed by atoms with Crippen LogP contribution in [0.15, 0.2) is 29.5 Å². The van der Waals surface area contributed by atoms with Gasteiger partial charge in [0.25, 0.3) is 0 Å². The number of carbonyl (C=O) groups is 2. The molecule has 0 saturated carbocycles. The highest BCUT2D eigenvalue weighted by Gasteiger charge is 2.36. The number of rotatable bonds is 6. The molecule has 1 atom stereocenters. The van der Waals surface area contributed by atoms with Crippen molar-refractivity contribution in [3.63, 3.8) is 0 Å². The van der Waals surface area contributed by atoms with Crippen molar-refractivity contribution >= 4 is 12.0 Å². The standard InChI is InChI=1S/C20H28N4O5/c1-23-7-9-24(10-8-23)12-14-17(19(25)29-4)18(22-20(26)21-14)13-5-6-15(27-2)16(11-13)28-3/h5-6,11,18H,7-10,12H2,1-4H3,(H2,21,22,26)/p+2/t18-/m1/s1. The third-order valence-corrected chi connectivity index (χ3v) is 5.54. The number of nitrogens with one attached hydrogen (secondary N) is 4. The molecule has 0 spiro atoms. The SMILES string of the molecule is COC(=O)C1=C(C[NH+]2CC[NH+](C)CC2)NC(=O)N[C@@H]1c1ccc(OC)c(OC)c1. The van der Waals surface area contributed by atoms with Crippen molar-refractivity contribution in [2.75, 3.05) is 61.1 Å². The maximum absolute atomic E-state index is 12.7. The van der Waals surface area contributed by atoms with Crippen LogP contribution in [0.4, 0.5) is 4.79 Å². The van der Waals surface area contributed by atoms with E-state index >= 15 is 0 Å². The second kappa shape index (κ2) is 9.15. The van der Waals surface area contributed by atoms with E-state index < -0.39 is 12.0 Å². The Bertz CT molecular complexity index is 802. The second-order valence-electron chi connectivity index (χ2n) is 7.41. The van der Waals surface area contributed by atoms with Crippen molar-refractivity contribution in [3.8, 4) is 11.5 Å². The minimum Gasteiger partial charge on any atom is -0.493 e. The van der Waals surface area contributed by atoms with Crippen LogP contribution in [0, 0.1) is 0 Å². The zero-order valence-corrected chi connectivity index (χ0v) is 17.4. The smallest absolute Gasteiger partial charge is 0.338 e. The highest BCUT2D eigenvalue weighted by Crippen LogP contribution is 2.34. The van der Waals surface area contributed by atoms with Crippen LogP contribution in [-0.2, 0) is 9.53 Å². The van der Waals surface area contributed by atoms with Crippen LogP contribution in [-0.4, -0.2) is 73.1 Å². The number of esters is 1. The Balaban J connectivity index is 1.98. The van der Waals surface area contributed by atoms with E-state index in [1.807, 2.05) is 6.07 Å². The van der Waals surface area contributed by atoms with E-state index in [9.17, 15) is 9.59 Å². The van der Waals surface area contributed by atoms with Crippen LogP contribution < -0.4 is 29.9 Å². The van der Waals surface area contributed by atoms with E-state index in [1.165, 1.54) is 16.9 Å². The van der Waals surface area contributed by atoms with Gasteiger partial charge in [0.2, 0.25) is 0 Å². The topological polar surface area (TPSA) is 94.8 Å². The number of urea groups is 1. The van der Waals surface area contributed by atoms with Gasteiger partial charge >= 0.3 is 12.0 Å². The summed E-state index contributed by atoms with van der Waals surface area (Å²) in [7, 11) is 6.63. The number of hydrogen-bond acceptors (Lipinski definition) is 5. The largest absolute Gasteiger partial charge is 0.493 e. The van der Waals surface area contributed by atoms with Crippen molar-refractivity contribution in [1.82, 2.24) is 10.6 Å². The summed E-state index contributed by atoms with van der Waals surface area (Å²) in [4.78, 5) is 27.9. The summed E-state index contributed by atoms with van der Waals surface area (Å²) in [6.07, 6.45) is 0. The van der Waals surface area contributed by atoms with Gasteiger partial charge in [0, 0.05) is 0 Å². The van der Waals surface area contributed by atoms with Gasteiger partial charge in [-0.05, 0) is 17.7 Å². The Hall–Kier alpha value is -2.78. The molecule has 1 saturated heterocycles. The minimum atomic E-state index is -0.636. The summed E-state index contributed by atoms with van der Waals surface area (Å²) in [6.45, 7) is 4.64. The second-order valence-corrected chi connectivity index (χ2v) is 7.41. The predicted molar refractivity (Wildman–Crippen MR) is 105 cm³/mol.